The van der Waals surface area contributed by atoms with Crippen molar-refractivity contribution in [1.29, 1.82) is 0 Å². The van der Waals surface area contributed by atoms with Gasteiger partial charge in [0.25, 0.3) is 0 Å². The molecule has 2 atom stereocenters. The molecule has 0 saturated carbocycles. The zero-order chi connectivity index (χ0) is 18.0. The first-order valence-corrected chi connectivity index (χ1v) is 7.92. The number of benzene rings is 2. The number of methoxy groups -OCH3 is 1. The maximum Gasteiger partial charge on any atom is 0.339 e. The van der Waals surface area contributed by atoms with E-state index in [1.807, 2.05) is 0 Å². The second kappa shape index (κ2) is 6.93. The smallest absolute Gasteiger partial charge is 0.339 e. The van der Waals surface area contributed by atoms with Gasteiger partial charge in [-0.2, -0.15) is 0 Å². The fourth-order valence-electron chi connectivity index (χ4n) is 2.88. The van der Waals surface area contributed by atoms with Gasteiger partial charge in [0.2, 0.25) is 5.91 Å². The standard InChI is InChI=1S/C19H18FNO4/c1-11(12-7-8-16(24-2)15(20)9-12)21-18(22)10-17-13-5-3-4-6-14(13)19(23)25-17/h3-9,11,17H,10H2,1-2H3,(H,21,22)/t11-,17+/m1/s1. The Morgan fingerprint density at radius 1 is 1.32 bits per heavy atom. The first kappa shape index (κ1) is 17.0. The normalized spacial score (nSPS) is 16.8. The van der Waals surface area contributed by atoms with Gasteiger partial charge in [-0.3, -0.25) is 4.79 Å². The van der Waals surface area contributed by atoms with E-state index in [0.717, 1.165) is 0 Å². The molecule has 0 fully saturated rings. The van der Waals surface area contributed by atoms with Crippen LogP contribution in [0.1, 0.15) is 47.0 Å². The molecule has 1 heterocycles. The molecule has 6 heteroatoms. The summed E-state index contributed by atoms with van der Waals surface area (Å²) in [5.41, 5.74) is 1.83. The molecule has 0 bridgehead atoms. The van der Waals surface area contributed by atoms with E-state index < -0.39 is 17.9 Å². The molecule has 5 nitrogen and oxygen atoms in total. The van der Waals surface area contributed by atoms with Crippen molar-refractivity contribution < 1.29 is 23.5 Å². The van der Waals surface area contributed by atoms with Crippen LogP contribution in [-0.2, 0) is 9.53 Å². The number of carbonyl (C=O) groups excluding carboxylic acids is 2. The van der Waals surface area contributed by atoms with Crippen LogP contribution in [0.15, 0.2) is 42.5 Å². The van der Waals surface area contributed by atoms with Gasteiger partial charge in [0.15, 0.2) is 11.6 Å². The molecular formula is C19H18FNO4. The van der Waals surface area contributed by atoms with Crippen LogP contribution < -0.4 is 10.1 Å². The average Bonchev–Trinajstić information content (AvgIpc) is 2.91. The minimum atomic E-state index is -0.594. The van der Waals surface area contributed by atoms with Crippen molar-refractivity contribution in [1.82, 2.24) is 5.32 Å². The van der Waals surface area contributed by atoms with Crippen molar-refractivity contribution in [3.05, 3.63) is 65.0 Å². The Morgan fingerprint density at radius 3 is 2.80 bits per heavy atom. The summed E-state index contributed by atoms with van der Waals surface area (Å²) < 4.78 is 23.9. The minimum Gasteiger partial charge on any atom is -0.494 e. The minimum absolute atomic E-state index is 0.0196. The highest BCUT2D eigenvalue weighted by atomic mass is 19.1. The van der Waals surface area contributed by atoms with Gasteiger partial charge < -0.3 is 14.8 Å². The number of amides is 1. The predicted octanol–water partition coefficient (Wildman–Crippen LogP) is 3.31. The molecule has 1 N–H and O–H groups in total. The zero-order valence-electron chi connectivity index (χ0n) is 13.9. The van der Waals surface area contributed by atoms with Crippen LogP contribution in [0.3, 0.4) is 0 Å². The first-order chi connectivity index (χ1) is 12.0. The monoisotopic (exact) mass is 343 g/mol. The highest BCUT2D eigenvalue weighted by Crippen LogP contribution is 2.33. The summed E-state index contributed by atoms with van der Waals surface area (Å²) in [4.78, 5) is 24.1. The maximum absolute atomic E-state index is 13.8. The van der Waals surface area contributed by atoms with E-state index in [0.29, 0.717) is 16.7 Å². The van der Waals surface area contributed by atoms with E-state index in [9.17, 15) is 14.0 Å². The Kier molecular flexibility index (Phi) is 4.70. The number of ether oxygens (including phenoxy) is 2. The number of nitrogens with one attached hydrogen (secondary N) is 1. The molecule has 25 heavy (non-hydrogen) atoms. The van der Waals surface area contributed by atoms with Crippen molar-refractivity contribution in [2.24, 2.45) is 0 Å². The molecule has 0 saturated heterocycles. The zero-order valence-corrected chi connectivity index (χ0v) is 13.9. The summed E-state index contributed by atoms with van der Waals surface area (Å²) >= 11 is 0. The fourth-order valence-corrected chi connectivity index (χ4v) is 2.88. The molecule has 0 aromatic heterocycles. The molecule has 1 aliphatic heterocycles. The number of cyclic esters (lactones) is 1. The van der Waals surface area contributed by atoms with E-state index in [1.165, 1.54) is 19.2 Å². The molecule has 1 aliphatic rings. The Balaban J connectivity index is 1.65. The second-order valence-electron chi connectivity index (χ2n) is 5.87. The highest BCUT2D eigenvalue weighted by molar-refractivity contribution is 5.94. The molecule has 2 aromatic rings. The molecule has 1 amide bonds. The topological polar surface area (TPSA) is 64.6 Å². The van der Waals surface area contributed by atoms with Crippen LogP contribution in [0.25, 0.3) is 0 Å². The third-order valence-corrected chi connectivity index (χ3v) is 4.20. The Morgan fingerprint density at radius 2 is 2.08 bits per heavy atom. The first-order valence-electron chi connectivity index (χ1n) is 7.92. The number of esters is 1. The lowest BCUT2D eigenvalue weighted by Gasteiger charge is -2.17. The van der Waals surface area contributed by atoms with Gasteiger partial charge >= 0.3 is 5.97 Å². The van der Waals surface area contributed by atoms with E-state index in [4.69, 9.17) is 9.47 Å². The van der Waals surface area contributed by atoms with E-state index in [-0.39, 0.29) is 24.1 Å². The molecule has 0 aliphatic carbocycles. The maximum atomic E-state index is 13.8. The van der Waals surface area contributed by atoms with Crippen molar-refractivity contribution >= 4 is 11.9 Å². The summed E-state index contributed by atoms with van der Waals surface area (Å²) in [5, 5.41) is 2.80. The van der Waals surface area contributed by atoms with Gasteiger partial charge in [-0.25, -0.2) is 9.18 Å². The van der Waals surface area contributed by atoms with E-state index in [1.54, 1.807) is 37.3 Å². The lowest BCUT2D eigenvalue weighted by atomic mass is 10.0. The fraction of sp³-hybridized carbons (Fsp3) is 0.263. The van der Waals surface area contributed by atoms with Gasteiger partial charge in [-0.15, -0.1) is 0 Å². The average molecular weight is 343 g/mol. The van der Waals surface area contributed by atoms with Crippen LogP contribution in [0.4, 0.5) is 4.39 Å². The molecule has 2 aromatic carbocycles. The van der Waals surface area contributed by atoms with Crippen molar-refractivity contribution in [2.45, 2.75) is 25.5 Å². The number of hydrogen-bond acceptors (Lipinski definition) is 4. The molecule has 0 unspecified atom stereocenters. The Bertz CT molecular complexity index is 821. The van der Waals surface area contributed by atoms with Gasteiger partial charge in [0.05, 0.1) is 25.1 Å². The number of fused-ring (bicyclic) bond motifs is 1. The van der Waals surface area contributed by atoms with Crippen molar-refractivity contribution in [2.75, 3.05) is 7.11 Å². The summed E-state index contributed by atoms with van der Waals surface area (Å²) in [6.07, 6.45) is -0.574. The predicted molar refractivity (Wildman–Crippen MR) is 88.7 cm³/mol. The van der Waals surface area contributed by atoms with Crippen molar-refractivity contribution in [3.8, 4) is 5.75 Å². The third kappa shape index (κ3) is 3.47. The van der Waals surface area contributed by atoms with Crippen LogP contribution in [0.5, 0.6) is 5.75 Å². The van der Waals surface area contributed by atoms with Gasteiger partial charge in [0, 0.05) is 5.56 Å². The number of rotatable bonds is 5. The van der Waals surface area contributed by atoms with Crippen LogP contribution in [0.2, 0.25) is 0 Å². The number of halogens is 1. The van der Waals surface area contributed by atoms with Gasteiger partial charge in [0.1, 0.15) is 6.10 Å². The van der Waals surface area contributed by atoms with Crippen molar-refractivity contribution in [3.63, 3.8) is 0 Å². The van der Waals surface area contributed by atoms with Crippen LogP contribution in [-0.4, -0.2) is 19.0 Å². The quantitative estimate of drug-likeness (QED) is 0.846. The molecular weight excluding hydrogens is 325 g/mol. The Hall–Kier alpha value is -2.89. The second-order valence-corrected chi connectivity index (χ2v) is 5.87. The van der Waals surface area contributed by atoms with Gasteiger partial charge in [-0.1, -0.05) is 24.3 Å². The SMILES string of the molecule is COc1ccc([C@@H](C)NC(=O)C[C@@H]2OC(=O)c3ccccc32)cc1F. The summed E-state index contributed by atoms with van der Waals surface area (Å²) in [6, 6.07) is 11.2. The van der Waals surface area contributed by atoms with Crippen LogP contribution >= 0.6 is 0 Å². The van der Waals surface area contributed by atoms with E-state index >= 15 is 0 Å². The molecule has 3 rings (SSSR count). The third-order valence-electron chi connectivity index (χ3n) is 4.20. The molecule has 130 valence electrons. The van der Waals surface area contributed by atoms with E-state index in [2.05, 4.69) is 5.32 Å². The highest BCUT2D eigenvalue weighted by Gasteiger charge is 2.32. The lowest BCUT2D eigenvalue weighted by molar-refractivity contribution is -0.123. The summed E-state index contributed by atoms with van der Waals surface area (Å²) in [6.45, 7) is 1.76. The molecule has 0 spiro atoms. The summed E-state index contributed by atoms with van der Waals surface area (Å²) in [7, 11) is 1.39. The Labute approximate surface area is 144 Å². The largest absolute Gasteiger partial charge is 0.494 e. The summed E-state index contributed by atoms with van der Waals surface area (Å²) in [5.74, 6) is -1.03. The molecule has 0 radical (unpaired) electrons. The number of hydrogen-bond donors (Lipinski definition) is 1. The van der Waals surface area contributed by atoms with Gasteiger partial charge in [-0.05, 0) is 30.7 Å². The number of carbonyl (C=O) groups is 2. The van der Waals surface area contributed by atoms with Crippen LogP contribution in [0, 0.1) is 5.82 Å². The lowest BCUT2D eigenvalue weighted by Crippen LogP contribution is -2.28.